The van der Waals surface area contributed by atoms with Crippen molar-refractivity contribution in [2.45, 2.75) is 37.8 Å². The molecule has 2 fully saturated rings. The molecular formula is C10H17NO. The van der Waals surface area contributed by atoms with Gasteiger partial charge in [-0.05, 0) is 38.3 Å². The molecule has 2 aliphatic heterocycles. The zero-order valence-electron chi connectivity index (χ0n) is 7.92. The molecule has 2 aliphatic rings. The first-order valence-electron chi connectivity index (χ1n) is 4.74. The average Bonchev–Trinajstić information content (AvgIpc) is 2.33. The van der Waals surface area contributed by atoms with Crippen LogP contribution in [0.15, 0.2) is 11.8 Å². The molecule has 0 amide bonds. The molecule has 0 saturated carbocycles. The van der Waals surface area contributed by atoms with Gasteiger partial charge in [-0.25, -0.2) is 0 Å². The van der Waals surface area contributed by atoms with Crippen LogP contribution in [0.5, 0.6) is 0 Å². The van der Waals surface area contributed by atoms with Crippen LogP contribution in [0.25, 0.3) is 0 Å². The SMILES string of the molecule is COC=C1CC2CCC(C1)N2C. The normalized spacial score (nSPS) is 35.3. The Balaban J connectivity index is 2.07. The second kappa shape index (κ2) is 3.09. The maximum absolute atomic E-state index is 5.06. The van der Waals surface area contributed by atoms with E-state index >= 15 is 0 Å². The number of rotatable bonds is 1. The Morgan fingerprint density at radius 3 is 2.42 bits per heavy atom. The first-order valence-corrected chi connectivity index (χ1v) is 4.74. The molecule has 0 aromatic carbocycles. The minimum atomic E-state index is 0.796. The topological polar surface area (TPSA) is 12.5 Å². The molecule has 0 radical (unpaired) electrons. The number of nitrogens with zero attached hydrogens (tertiary/aromatic N) is 1. The third-order valence-electron chi connectivity index (χ3n) is 3.27. The molecule has 2 saturated heterocycles. The average molecular weight is 167 g/mol. The molecule has 2 heterocycles. The fraction of sp³-hybridized carbons (Fsp3) is 0.800. The first kappa shape index (κ1) is 8.11. The fourth-order valence-corrected chi connectivity index (χ4v) is 2.53. The molecule has 2 nitrogen and oxygen atoms in total. The van der Waals surface area contributed by atoms with Crippen molar-refractivity contribution < 1.29 is 4.74 Å². The summed E-state index contributed by atoms with van der Waals surface area (Å²) in [5.74, 6) is 0. The van der Waals surface area contributed by atoms with Gasteiger partial charge in [0.05, 0.1) is 13.4 Å². The number of methoxy groups -OCH3 is 1. The van der Waals surface area contributed by atoms with Crippen molar-refractivity contribution in [1.29, 1.82) is 0 Å². The number of hydrogen-bond acceptors (Lipinski definition) is 2. The van der Waals surface area contributed by atoms with Crippen molar-refractivity contribution in [1.82, 2.24) is 4.90 Å². The Hall–Kier alpha value is -0.500. The van der Waals surface area contributed by atoms with E-state index in [4.69, 9.17) is 4.74 Å². The molecule has 2 atom stereocenters. The van der Waals surface area contributed by atoms with Crippen LogP contribution in [0, 0.1) is 0 Å². The number of fused-ring (bicyclic) bond motifs is 2. The van der Waals surface area contributed by atoms with Gasteiger partial charge < -0.3 is 4.74 Å². The number of ether oxygens (including phenoxy) is 1. The quantitative estimate of drug-likeness (QED) is 0.552. The van der Waals surface area contributed by atoms with Crippen LogP contribution in [0.3, 0.4) is 0 Å². The second-order valence-electron chi connectivity index (χ2n) is 3.97. The van der Waals surface area contributed by atoms with Gasteiger partial charge in [0.15, 0.2) is 0 Å². The molecule has 0 spiro atoms. The Bertz CT molecular complexity index is 184. The largest absolute Gasteiger partial charge is 0.504 e. The Kier molecular flexibility index (Phi) is 2.09. The van der Waals surface area contributed by atoms with E-state index in [1.54, 1.807) is 7.11 Å². The summed E-state index contributed by atoms with van der Waals surface area (Å²) in [5.41, 5.74) is 1.50. The lowest BCUT2D eigenvalue weighted by atomic mass is 9.99. The molecule has 0 aromatic heterocycles. The van der Waals surface area contributed by atoms with E-state index in [0.29, 0.717) is 0 Å². The zero-order chi connectivity index (χ0) is 8.55. The van der Waals surface area contributed by atoms with Crippen LogP contribution in [-0.2, 0) is 4.74 Å². The van der Waals surface area contributed by atoms with Crippen molar-refractivity contribution in [2.24, 2.45) is 0 Å². The van der Waals surface area contributed by atoms with Gasteiger partial charge >= 0.3 is 0 Å². The third-order valence-corrected chi connectivity index (χ3v) is 3.27. The molecule has 0 aromatic rings. The summed E-state index contributed by atoms with van der Waals surface area (Å²) in [7, 11) is 4.00. The molecule has 2 rings (SSSR count). The Morgan fingerprint density at radius 2 is 1.92 bits per heavy atom. The Morgan fingerprint density at radius 1 is 1.33 bits per heavy atom. The van der Waals surface area contributed by atoms with E-state index < -0.39 is 0 Å². The highest BCUT2D eigenvalue weighted by molar-refractivity contribution is 5.11. The monoisotopic (exact) mass is 167 g/mol. The lowest BCUT2D eigenvalue weighted by Gasteiger charge is -2.32. The molecule has 2 unspecified atom stereocenters. The van der Waals surface area contributed by atoms with E-state index in [0.717, 1.165) is 12.1 Å². The zero-order valence-corrected chi connectivity index (χ0v) is 7.92. The molecule has 2 bridgehead atoms. The first-order chi connectivity index (χ1) is 5.81. The van der Waals surface area contributed by atoms with Crippen molar-refractivity contribution >= 4 is 0 Å². The standard InChI is InChI=1S/C10H17NO/c1-11-9-3-4-10(11)6-8(5-9)7-12-2/h7,9-10H,3-6H2,1-2H3. The van der Waals surface area contributed by atoms with Gasteiger partial charge in [0.1, 0.15) is 0 Å². The maximum Gasteiger partial charge on any atom is 0.0817 e. The molecule has 2 heteroatoms. The summed E-state index contributed by atoms with van der Waals surface area (Å²) < 4.78 is 5.06. The third kappa shape index (κ3) is 1.24. The predicted octanol–water partition coefficient (Wildman–Crippen LogP) is 1.77. The van der Waals surface area contributed by atoms with Crippen LogP contribution < -0.4 is 0 Å². The minimum Gasteiger partial charge on any atom is -0.504 e. The van der Waals surface area contributed by atoms with Crippen LogP contribution in [0.4, 0.5) is 0 Å². The fourth-order valence-electron chi connectivity index (χ4n) is 2.53. The summed E-state index contributed by atoms with van der Waals surface area (Å²) in [5, 5.41) is 0. The number of hydrogen-bond donors (Lipinski definition) is 0. The Labute approximate surface area is 74.2 Å². The van der Waals surface area contributed by atoms with Crippen LogP contribution >= 0.6 is 0 Å². The van der Waals surface area contributed by atoms with Crippen molar-refractivity contribution in [2.75, 3.05) is 14.2 Å². The highest BCUT2D eigenvalue weighted by Gasteiger charge is 2.35. The van der Waals surface area contributed by atoms with Crippen LogP contribution in [0.1, 0.15) is 25.7 Å². The van der Waals surface area contributed by atoms with Gasteiger partial charge in [0.25, 0.3) is 0 Å². The van der Waals surface area contributed by atoms with Gasteiger partial charge in [-0.1, -0.05) is 0 Å². The van der Waals surface area contributed by atoms with Crippen molar-refractivity contribution in [3.8, 4) is 0 Å². The smallest absolute Gasteiger partial charge is 0.0817 e. The lowest BCUT2D eigenvalue weighted by molar-refractivity contribution is 0.203. The van der Waals surface area contributed by atoms with Gasteiger partial charge in [-0.2, -0.15) is 0 Å². The second-order valence-corrected chi connectivity index (χ2v) is 3.97. The highest BCUT2D eigenvalue weighted by Crippen LogP contribution is 2.36. The highest BCUT2D eigenvalue weighted by atomic mass is 16.5. The van der Waals surface area contributed by atoms with Gasteiger partial charge in [-0.3, -0.25) is 4.90 Å². The van der Waals surface area contributed by atoms with Crippen molar-refractivity contribution in [3.63, 3.8) is 0 Å². The molecule has 0 N–H and O–H groups in total. The summed E-state index contributed by atoms with van der Waals surface area (Å²) in [6.07, 6.45) is 7.14. The van der Waals surface area contributed by atoms with Crippen LogP contribution in [0.2, 0.25) is 0 Å². The van der Waals surface area contributed by atoms with E-state index in [9.17, 15) is 0 Å². The maximum atomic E-state index is 5.06. The lowest BCUT2D eigenvalue weighted by Crippen LogP contribution is -2.36. The summed E-state index contributed by atoms with van der Waals surface area (Å²) in [6, 6.07) is 1.59. The van der Waals surface area contributed by atoms with E-state index in [2.05, 4.69) is 11.9 Å². The molecular weight excluding hydrogens is 150 g/mol. The predicted molar refractivity (Wildman–Crippen MR) is 48.9 cm³/mol. The van der Waals surface area contributed by atoms with E-state index in [1.807, 2.05) is 6.26 Å². The molecule has 12 heavy (non-hydrogen) atoms. The van der Waals surface area contributed by atoms with Gasteiger partial charge in [0.2, 0.25) is 0 Å². The van der Waals surface area contributed by atoms with Gasteiger partial charge in [0, 0.05) is 12.1 Å². The van der Waals surface area contributed by atoms with Crippen LogP contribution in [-0.4, -0.2) is 31.1 Å². The van der Waals surface area contributed by atoms with E-state index in [-0.39, 0.29) is 0 Å². The minimum absolute atomic E-state index is 0.796. The summed E-state index contributed by atoms with van der Waals surface area (Å²) in [4.78, 5) is 2.53. The summed E-state index contributed by atoms with van der Waals surface area (Å²) in [6.45, 7) is 0. The number of piperidine rings is 1. The summed E-state index contributed by atoms with van der Waals surface area (Å²) >= 11 is 0. The van der Waals surface area contributed by atoms with Gasteiger partial charge in [-0.15, -0.1) is 0 Å². The molecule has 0 aliphatic carbocycles. The van der Waals surface area contributed by atoms with E-state index in [1.165, 1.54) is 31.3 Å². The van der Waals surface area contributed by atoms with Crippen molar-refractivity contribution in [3.05, 3.63) is 11.8 Å². The molecule has 68 valence electrons.